The molecule has 2 atom stereocenters. The molecule has 1 N–H and O–H groups in total. The van der Waals surface area contributed by atoms with Gasteiger partial charge in [0.15, 0.2) is 11.5 Å². The van der Waals surface area contributed by atoms with Gasteiger partial charge in [0.25, 0.3) is 0 Å². The molecule has 0 amide bonds. The first-order valence-electron chi connectivity index (χ1n) is 7.78. The number of phenolic OH excluding ortho intramolecular Hbond substituents is 1. The molecular weight excluding hydrogens is 270 g/mol. The summed E-state index contributed by atoms with van der Waals surface area (Å²) >= 11 is 0. The summed E-state index contributed by atoms with van der Waals surface area (Å²) in [6.45, 7) is 2.69. The van der Waals surface area contributed by atoms with Crippen LogP contribution >= 0.6 is 0 Å². The lowest BCUT2D eigenvalue weighted by Gasteiger charge is -2.43. The van der Waals surface area contributed by atoms with Gasteiger partial charge in [0, 0.05) is 30.8 Å². The highest BCUT2D eigenvalue weighted by molar-refractivity contribution is 5.51. The molecule has 21 heavy (non-hydrogen) atoms. The van der Waals surface area contributed by atoms with Crippen LogP contribution in [0.25, 0.3) is 0 Å². The van der Waals surface area contributed by atoms with Crippen molar-refractivity contribution in [1.29, 1.82) is 0 Å². The molecule has 1 aromatic carbocycles. The van der Waals surface area contributed by atoms with E-state index in [0.717, 1.165) is 37.4 Å². The summed E-state index contributed by atoms with van der Waals surface area (Å²) in [5.74, 6) is 1.66. The minimum absolute atomic E-state index is 0.237. The maximum absolute atomic E-state index is 10.2. The highest BCUT2D eigenvalue weighted by Crippen LogP contribution is 2.39. The van der Waals surface area contributed by atoms with E-state index in [9.17, 15) is 5.11 Å². The van der Waals surface area contributed by atoms with Crippen LogP contribution in [0.4, 0.5) is 0 Å². The second-order valence-corrected chi connectivity index (χ2v) is 6.07. The fraction of sp³-hybridized carbons (Fsp3) is 0.625. The number of phenols is 1. The summed E-state index contributed by atoms with van der Waals surface area (Å²) in [6, 6.07) is 4.05. The van der Waals surface area contributed by atoms with E-state index in [-0.39, 0.29) is 12.5 Å². The Morgan fingerprint density at radius 2 is 1.95 bits per heavy atom. The monoisotopic (exact) mass is 291 g/mol. The number of aromatic hydroxyl groups is 1. The SMILES string of the molecule is Oc1cc2c(cc1CN1CCO[C@H]3CCCC[C@H]31)OCO2. The van der Waals surface area contributed by atoms with Crippen molar-refractivity contribution >= 4 is 0 Å². The Balaban J connectivity index is 1.55. The molecule has 0 radical (unpaired) electrons. The number of rotatable bonds is 2. The Morgan fingerprint density at radius 3 is 2.86 bits per heavy atom. The standard InChI is InChI=1S/C16H21NO4/c18-13-8-16-15(20-10-21-16)7-11(13)9-17-5-6-19-14-4-2-1-3-12(14)17/h7-8,12,14,18H,1-6,9-10H2/t12-,14+/m1/s1. The Morgan fingerprint density at radius 1 is 1.14 bits per heavy atom. The number of fused-ring (bicyclic) bond motifs is 2. The van der Waals surface area contributed by atoms with Gasteiger partial charge in [-0.1, -0.05) is 12.8 Å². The largest absolute Gasteiger partial charge is 0.507 e. The minimum atomic E-state index is 0.237. The third kappa shape index (κ3) is 2.45. The van der Waals surface area contributed by atoms with Gasteiger partial charge in [-0.05, 0) is 18.9 Å². The van der Waals surface area contributed by atoms with Gasteiger partial charge in [-0.25, -0.2) is 0 Å². The van der Waals surface area contributed by atoms with E-state index >= 15 is 0 Å². The molecule has 0 bridgehead atoms. The van der Waals surface area contributed by atoms with Gasteiger partial charge in [0.1, 0.15) is 5.75 Å². The van der Waals surface area contributed by atoms with Gasteiger partial charge in [-0.3, -0.25) is 4.90 Å². The lowest BCUT2D eigenvalue weighted by atomic mass is 9.90. The zero-order valence-electron chi connectivity index (χ0n) is 12.1. The number of ether oxygens (including phenoxy) is 3. The van der Waals surface area contributed by atoms with E-state index in [1.807, 2.05) is 6.07 Å². The van der Waals surface area contributed by atoms with Gasteiger partial charge in [0.2, 0.25) is 6.79 Å². The van der Waals surface area contributed by atoms with Crippen molar-refractivity contribution in [3.05, 3.63) is 17.7 Å². The summed E-state index contributed by atoms with van der Waals surface area (Å²) in [5, 5.41) is 10.2. The van der Waals surface area contributed by atoms with Crippen molar-refractivity contribution in [3.63, 3.8) is 0 Å². The number of morpholine rings is 1. The molecule has 0 unspecified atom stereocenters. The molecule has 114 valence electrons. The van der Waals surface area contributed by atoms with E-state index in [0.29, 0.717) is 17.9 Å². The molecule has 2 aliphatic heterocycles. The van der Waals surface area contributed by atoms with Crippen LogP contribution in [0.3, 0.4) is 0 Å². The molecule has 3 aliphatic rings. The van der Waals surface area contributed by atoms with Crippen molar-refractivity contribution < 1.29 is 19.3 Å². The van der Waals surface area contributed by atoms with Crippen LogP contribution in [0.2, 0.25) is 0 Å². The summed E-state index contributed by atoms with van der Waals surface area (Å²) < 4.78 is 16.6. The molecule has 5 heteroatoms. The number of hydrogen-bond donors (Lipinski definition) is 1. The molecule has 1 saturated heterocycles. The summed E-state index contributed by atoms with van der Waals surface area (Å²) in [4.78, 5) is 2.45. The summed E-state index contributed by atoms with van der Waals surface area (Å²) in [5.41, 5.74) is 0.908. The van der Waals surface area contributed by atoms with Crippen LogP contribution in [0.15, 0.2) is 12.1 Å². The van der Waals surface area contributed by atoms with Crippen molar-refractivity contribution in [3.8, 4) is 17.2 Å². The predicted molar refractivity (Wildman–Crippen MR) is 76.6 cm³/mol. The number of benzene rings is 1. The first-order chi connectivity index (χ1) is 10.3. The second-order valence-electron chi connectivity index (χ2n) is 6.07. The van der Waals surface area contributed by atoms with Crippen LogP contribution in [0.1, 0.15) is 31.2 Å². The van der Waals surface area contributed by atoms with Crippen LogP contribution in [-0.2, 0) is 11.3 Å². The highest BCUT2D eigenvalue weighted by atomic mass is 16.7. The Kier molecular flexibility index (Phi) is 3.39. The topological polar surface area (TPSA) is 51.2 Å². The van der Waals surface area contributed by atoms with Crippen molar-refractivity contribution in [1.82, 2.24) is 4.90 Å². The van der Waals surface area contributed by atoms with E-state index in [1.54, 1.807) is 6.07 Å². The molecule has 1 aliphatic carbocycles. The average Bonchev–Trinajstić information content (AvgIpc) is 2.95. The molecule has 2 fully saturated rings. The van der Waals surface area contributed by atoms with Gasteiger partial charge in [-0.2, -0.15) is 0 Å². The lowest BCUT2D eigenvalue weighted by Crippen LogP contribution is -2.52. The second kappa shape index (κ2) is 5.39. The predicted octanol–water partition coefficient (Wildman–Crippen LogP) is 2.26. The molecular formula is C16H21NO4. The van der Waals surface area contributed by atoms with Gasteiger partial charge in [-0.15, -0.1) is 0 Å². The Labute approximate surface area is 124 Å². The van der Waals surface area contributed by atoms with Gasteiger partial charge >= 0.3 is 0 Å². The molecule has 1 saturated carbocycles. The van der Waals surface area contributed by atoms with Gasteiger partial charge < -0.3 is 19.3 Å². The van der Waals surface area contributed by atoms with Crippen LogP contribution in [0.5, 0.6) is 17.2 Å². The van der Waals surface area contributed by atoms with Crippen molar-refractivity contribution in [2.45, 2.75) is 44.4 Å². The van der Waals surface area contributed by atoms with Crippen molar-refractivity contribution in [2.75, 3.05) is 19.9 Å². The average molecular weight is 291 g/mol. The molecule has 5 nitrogen and oxygen atoms in total. The first kappa shape index (κ1) is 13.2. The highest BCUT2D eigenvalue weighted by Gasteiger charge is 2.34. The Bertz CT molecular complexity index is 531. The Hall–Kier alpha value is -1.46. The smallest absolute Gasteiger partial charge is 0.231 e. The van der Waals surface area contributed by atoms with Crippen LogP contribution in [-0.4, -0.2) is 42.1 Å². The van der Waals surface area contributed by atoms with Crippen molar-refractivity contribution in [2.24, 2.45) is 0 Å². The van der Waals surface area contributed by atoms with Crippen LogP contribution in [0, 0.1) is 0 Å². The van der Waals surface area contributed by atoms with Gasteiger partial charge in [0.05, 0.1) is 12.7 Å². The zero-order valence-corrected chi connectivity index (χ0v) is 12.1. The maximum Gasteiger partial charge on any atom is 0.231 e. The summed E-state index contributed by atoms with van der Waals surface area (Å²) in [7, 11) is 0. The first-order valence-corrected chi connectivity index (χ1v) is 7.78. The van der Waals surface area contributed by atoms with E-state index < -0.39 is 0 Å². The minimum Gasteiger partial charge on any atom is -0.507 e. The molecule has 4 rings (SSSR count). The molecule has 1 aromatic rings. The third-order valence-electron chi connectivity index (χ3n) is 4.79. The molecule has 2 heterocycles. The molecule has 0 spiro atoms. The number of hydrogen-bond acceptors (Lipinski definition) is 5. The molecule has 0 aromatic heterocycles. The van der Waals surface area contributed by atoms with Crippen LogP contribution < -0.4 is 9.47 Å². The lowest BCUT2D eigenvalue weighted by molar-refractivity contribution is -0.0912. The van der Waals surface area contributed by atoms with E-state index in [4.69, 9.17) is 14.2 Å². The van der Waals surface area contributed by atoms with E-state index in [1.165, 1.54) is 19.3 Å². The fourth-order valence-electron chi connectivity index (χ4n) is 3.69. The third-order valence-corrected chi connectivity index (χ3v) is 4.79. The normalized spacial score (nSPS) is 28.4. The fourth-order valence-corrected chi connectivity index (χ4v) is 3.69. The summed E-state index contributed by atoms with van der Waals surface area (Å²) in [6.07, 6.45) is 5.26. The quantitative estimate of drug-likeness (QED) is 0.906. The number of nitrogens with zero attached hydrogens (tertiary/aromatic N) is 1. The zero-order chi connectivity index (χ0) is 14.2. The maximum atomic E-state index is 10.2. The van der Waals surface area contributed by atoms with E-state index in [2.05, 4.69) is 4.90 Å².